The number of nitrogens with one attached hydrogen (secondary N) is 1. The van der Waals surface area contributed by atoms with Crippen LogP contribution in [0.25, 0.3) is 0 Å². The van der Waals surface area contributed by atoms with Crippen LogP contribution in [0.1, 0.15) is 31.4 Å². The van der Waals surface area contributed by atoms with E-state index in [1.54, 1.807) is 0 Å². The van der Waals surface area contributed by atoms with Gasteiger partial charge in [-0.3, -0.25) is 4.79 Å². The first-order chi connectivity index (χ1) is 14.3. The summed E-state index contributed by atoms with van der Waals surface area (Å²) in [6.45, 7) is 4.24. The first-order valence-electron chi connectivity index (χ1n) is 10.7. The van der Waals surface area contributed by atoms with Gasteiger partial charge in [0.15, 0.2) is 0 Å². The van der Waals surface area contributed by atoms with Gasteiger partial charge in [-0.15, -0.1) is 11.8 Å². The van der Waals surface area contributed by atoms with Gasteiger partial charge in [0, 0.05) is 44.6 Å². The molecule has 0 unspecified atom stereocenters. The summed E-state index contributed by atoms with van der Waals surface area (Å²) in [5, 5.41) is 3.64. The molecule has 8 nitrogen and oxygen atoms in total. The fourth-order valence-electron chi connectivity index (χ4n) is 4.20. The Morgan fingerprint density at radius 3 is 2.55 bits per heavy atom. The molecule has 9 heteroatoms. The van der Waals surface area contributed by atoms with Gasteiger partial charge in [-0.2, -0.15) is 4.98 Å². The number of nitrogens with zero attached hydrogens (tertiary/aromatic N) is 3. The van der Waals surface area contributed by atoms with Gasteiger partial charge in [-0.05, 0) is 25.7 Å². The molecule has 29 heavy (non-hydrogen) atoms. The van der Waals surface area contributed by atoms with Crippen LogP contribution in [-0.2, 0) is 25.4 Å². The molecule has 3 fully saturated rings. The molecule has 0 atom stereocenters. The second-order valence-electron chi connectivity index (χ2n) is 8.13. The molecule has 0 aliphatic carbocycles. The normalized spacial score (nSPS) is 23.5. The summed E-state index contributed by atoms with van der Waals surface area (Å²) in [7, 11) is 0. The SMILES string of the molecule is O=C(OC1CN(c2nc3c(c(NC4CCOCC4)n2)SCC3)C1)C1CCOCC1. The highest BCUT2D eigenvalue weighted by molar-refractivity contribution is 7.99. The second-order valence-corrected chi connectivity index (χ2v) is 9.23. The summed E-state index contributed by atoms with van der Waals surface area (Å²) in [5.41, 5.74) is 1.14. The zero-order chi connectivity index (χ0) is 19.6. The van der Waals surface area contributed by atoms with Crippen molar-refractivity contribution in [2.24, 2.45) is 5.92 Å². The van der Waals surface area contributed by atoms with E-state index in [-0.39, 0.29) is 18.0 Å². The summed E-state index contributed by atoms with van der Waals surface area (Å²) in [6, 6.07) is 0.404. The molecule has 4 aliphatic heterocycles. The topological polar surface area (TPSA) is 85.8 Å². The number of hydrogen-bond donors (Lipinski definition) is 1. The average molecular weight is 421 g/mol. The number of carbonyl (C=O) groups excluding carboxylic acids is 1. The number of thioether (sulfide) groups is 1. The van der Waals surface area contributed by atoms with Crippen molar-refractivity contribution in [2.75, 3.05) is 55.5 Å². The maximum Gasteiger partial charge on any atom is 0.309 e. The van der Waals surface area contributed by atoms with E-state index >= 15 is 0 Å². The number of anilines is 2. The van der Waals surface area contributed by atoms with Gasteiger partial charge in [0.1, 0.15) is 11.9 Å². The van der Waals surface area contributed by atoms with Gasteiger partial charge in [0.25, 0.3) is 0 Å². The Hall–Kier alpha value is -1.58. The van der Waals surface area contributed by atoms with Crippen molar-refractivity contribution in [3.05, 3.63) is 5.69 Å². The zero-order valence-electron chi connectivity index (χ0n) is 16.6. The van der Waals surface area contributed by atoms with Crippen LogP contribution in [0.2, 0.25) is 0 Å². The standard InChI is InChI=1S/C20H28N4O4S/c25-19(13-1-6-26-7-2-13)28-15-11-24(12-15)20-22-16-5-10-29-17(16)18(23-20)21-14-3-8-27-9-4-14/h13-15H,1-12H2,(H,21,22,23). The molecule has 0 saturated carbocycles. The third kappa shape index (κ3) is 4.32. The molecule has 3 saturated heterocycles. The molecule has 1 aromatic rings. The molecule has 0 radical (unpaired) electrons. The van der Waals surface area contributed by atoms with Crippen LogP contribution in [0.5, 0.6) is 0 Å². The minimum absolute atomic E-state index is 0.0126. The molecule has 5 rings (SSSR count). The second kappa shape index (κ2) is 8.65. The maximum atomic E-state index is 12.3. The van der Waals surface area contributed by atoms with Gasteiger partial charge >= 0.3 is 5.97 Å². The van der Waals surface area contributed by atoms with Crippen LogP contribution in [0.3, 0.4) is 0 Å². The molecule has 1 aromatic heterocycles. The van der Waals surface area contributed by atoms with Gasteiger partial charge in [0.2, 0.25) is 5.95 Å². The van der Waals surface area contributed by atoms with E-state index in [0.717, 1.165) is 68.5 Å². The van der Waals surface area contributed by atoms with Crippen molar-refractivity contribution in [3.8, 4) is 0 Å². The highest BCUT2D eigenvalue weighted by Gasteiger charge is 2.35. The van der Waals surface area contributed by atoms with Crippen LogP contribution >= 0.6 is 11.8 Å². The summed E-state index contributed by atoms with van der Waals surface area (Å²) in [5.74, 6) is 2.68. The van der Waals surface area contributed by atoms with E-state index < -0.39 is 0 Å². The van der Waals surface area contributed by atoms with E-state index in [4.69, 9.17) is 24.2 Å². The lowest BCUT2D eigenvalue weighted by atomic mass is 10.0. The first-order valence-corrected chi connectivity index (χ1v) is 11.7. The van der Waals surface area contributed by atoms with Crippen molar-refractivity contribution < 1.29 is 19.0 Å². The number of ether oxygens (including phenoxy) is 3. The Kier molecular flexibility index (Phi) is 5.78. The Morgan fingerprint density at radius 1 is 1.07 bits per heavy atom. The number of carbonyl (C=O) groups is 1. The zero-order valence-corrected chi connectivity index (χ0v) is 17.4. The fraction of sp³-hybridized carbons (Fsp3) is 0.750. The molecule has 0 amide bonds. The predicted octanol–water partition coefficient (Wildman–Crippen LogP) is 1.87. The highest BCUT2D eigenvalue weighted by Crippen LogP contribution is 2.38. The smallest absolute Gasteiger partial charge is 0.309 e. The summed E-state index contributed by atoms with van der Waals surface area (Å²) < 4.78 is 16.5. The lowest BCUT2D eigenvalue weighted by molar-refractivity contribution is -0.158. The van der Waals surface area contributed by atoms with E-state index in [2.05, 4.69) is 10.2 Å². The van der Waals surface area contributed by atoms with Crippen molar-refractivity contribution in [2.45, 2.75) is 49.1 Å². The molecule has 0 bridgehead atoms. The quantitative estimate of drug-likeness (QED) is 0.718. The lowest BCUT2D eigenvalue weighted by Gasteiger charge is -2.39. The molecular weight excluding hydrogens is 392 g/mol. The average Bonchev–Trinajstić information content (AvgIpc) is 3.20. The number of rotatable bonds is 5. The summed E-state index contributed by atoms with van der Waals surface area (Å²) in [6.07, 6.45) is 4.46. The van der Waals surface area contributed by atoms with Gasteiger partial charge in [-0.25, -0.2) is 4.98 Å². The number of esters is 1. The molecule has 4 aliphatic rings. The molecule has 0 aromatic carbocycles. The third-order valence-corrected chi connectivity index (χ3v) is 7.17. The summed E-state index contributed by atoms with van der Waals surface area (Å²) >= 11 is 1.84. The molecule has 0 spiro atoms. The fourth-order valence-corrected chi connectivity index (χ4v) is 5.25. The van der Waals surface area contributed by atoms with Crippen LogP contribution in [0, 0.1) is 5.92 Å². The number of aryl methyl sites for hydroxylation is 1. The minimum atomic E-state index is -0.0777. The van der Waals surface area contributed by atoms with Gasteiger partial charge in [0.05, 0.1) is 29.6 Å². The Balaban J connectivity index is 1.21. The van der Waals surface area contributed by atoms with Crippen molar-refractivity contribution in [1.29, 1.82) is 0 Å². The van der Waals surface area contributed by atoms with Crippen molar-refractivity contribution >= 4 is 29.5 Å². The van der Waals surface area contributed by atoms with Crippen molar-refractivity contribution in [3.63, 3.8) is 0 Å². The maximum absolute atomic E-state index is 12.3. The van der Waals surface area contributed by atoms with Crippen molar-refractivity contribution in [1.82, 2.24) is 9.97 Å². The van der Waals surface area contributed by atoms with Crippen LogP contribution in [0.15, 0.2) is 4.90 Å². The molecule has 158 valence electrons. The molecule has 1 N–H and O–H groups in total. The largest absolute Gasteiger partial charge is 0.458 e. The monoisotopic (exact) mass is 420 g/mol. The predicted molar refractivity (Wildman–Crippen MR) is 110 cm³/mol. The lowest BCUT2D eigenvalue weighted by Crippen LogP contribution is -2.54. The van der Waals surface area contributed by atoms with Gasteiger partial charge < -0.3 is 24.4 Å². The van der Waals surface area contributed by atoms with E-state index in [0.29, 0.717) is 32.3 Å². The highest BCUT2D eigenvalue weighted by atomic mass is 32.2. The minimum Gasteiger partial charge on any atom is -0.458 e. The third-order valence-electron chi connectivity index (χ3n) is 6.04. The van der Waals surface area contributed by atoms with Crippen LogP contribution in [0.4, 0.5) is 11.8 Å². The number of hydrogen-bond acceptors (Lipinski definition) is 9. The number of fused-ring (bicyclic) bond motifs is 1. The Morgan fingerprint density at radius 2 is 1.79 bits per heavy atom. The van der Waals surface area contributed by atoms with Crippen LogP contribution < -0.4 is 10.2 Å². The Bertz CT molecular complexity index is 746. The Labute approximate surface area is 175 Å². The number of aromatic nitrogens is 2. The van der Waals surface area contributed by atoms with E-state index in [9.17, 15) is 4.79 Å². The van der Waals surface area contributed by atoms with E-state index in [1.165, 1.54) is 4.90 Å². The first kappa shape index (κ1) is 19.4. The molecular formula is C20H28N4O4S. The van der Waals surface area contributed by atoms with Crippen LogP contribution in [-0.4, -0.2) is 73.4 Å². The van der Waals surface area contributed by atoms with E-state index in [1.807, 2.05) is 11.8 Å². The molecule has 5 heterocycles. The summed E-state index contributed by atoms with van der Waals surface area (Å²) in [4.78, 5) is 25.3. The van der Waals surface area contributed by atoms with Gasteiger partial charge in [-0.1, -0.05) is 0 Å².